The van der Waals surface area contributed by atoms with E-state index in [0.29, 0.717) is 48.5 Å². The molecule has 5 rings (SSSR count). The largest absolute Gasteiger partial charge is 0.496 e. The molecule has 0 unspecified atom stereocenters. The van der Waals surface area contributed by atoms with Gasteiger partial charge >= 0.3 is 0 Å². The third kappa shape index (κ3) is 4.49. The van der Waals surface area contributed by atoms with Gasteiger partial charge in [-0.05, 0) is 30.0 Å². The van der Waals surface area contributed by atoms with Gasteiger partial charge in [0.25, 0.3) is 11.7 Å². The van der Waals surface area contributed by atoms with E-state index >= 15 is 0 Å². The highest BCUT2D eigenvalue weighted by atomic mass is 16.5. The van der Waals surface area contributed by atoms with Crippen molar-refractivity contribution < 1.29 is 23.8 Å². The summed E-state index contributed by atoms with van der Waals surface area (Å²) < 4.78 is 16.4. The monoisotopic (exact) mass is 511 g/mol. The number of hydrogen-bond acceptors (Lipinski definition) is 6. The van der Waals surface area contributed by atoms with Gasteiger partial charge in [0.1, 0.15) is 17.0 Å². The molecule has 0 aliphatic carbocycles. The van der Waals surface area contributed by atoms with Crippen LogP contribution in [0.1, 0.15) is 34.3 Å². The maximum atomic E-state index is 13.4. The molecule has 1 saturated heterocycles. The van der Waals surface area contributed by atoms with Gasteiger partial charge in [0.05, 0.1) is 38.5 Å². The number of ether oxygens (including phenoxy) is 3. The van der Waals surface area contributed by atoms with Gasteiger partial charge in [-0.1, -0.05) is 54.1 Å². The van der Waals surface area contributed by atoms with Gasteiger partial charge in [-0.3, -0.25) is 9.59 Å². The number of hydrogen-bond donors (Lipinski definition) is 1. The third-order valence-corrected chi connectivity index (χ3v) is 6.94. The molecule has 2 aromatic carbocycles. The van der Waals surface area contributed by atoms with Gasteiger partial charge in [0, 0.05) is 24.8 Å². The third-order valence-electron chi connectivity index (χ3n) is 6.94. The molecule has 1 N–H and O–H groups in total. The van der Waals surface area contributed by atoms with Crippen LogP contribution < -0.4 is 14.2 Å². The first-order valence-electron chi connectivity index (χ1n) is 12.4. The predicted octanol–water partition coefficient (Wildman–Crippen LogP) is 4.90. The SMILES string of the molecule is COc1ccccc1C(=C1CCN(C(=O)C(=O)c2c[nH]c3c(OC)ncc(OC)c23)CC1)c1ccccc1. The summed E-state index contributed by atoms with van der Waals surface area (Å²) in [6, 6.07) is 18.2. The van der Waals surface area contributed by atoms with E-state index in [-0.39, 0.29) is 5.56 Å². The molecular weight excluding hydrogens is 482 g/mol. The molecule has 0 bridgehead atoms. The van der Waals surface area contributed by atoms with Crippen molar-refractivity contribution in [2.75, 3.05) is 34.4 Å². The van der Waals surface area contributed by atoms with Gasteiger partial charge in [-0.15, -0.1) is 0 Å². The molecular formula is C30H29N3O5. The fourth-order valence-electron chi connectivity index (χ4n) is 5.08. The van der Waals surface area contributed by atoms with Gasteiger partial charge < -0.3 is 24.1 Å². The van der Waals surface area contributed by atoms with E-state index in [1.54, 1.807) is 12.0 Å². The highest BCUT2D eigenvalue weighted by Gasteiger charge is 2.30. The maximum absolute atomic E-state index is 13.4. The van der Waals surface area contributed by atoms with E-state index in [4.69, 9.17) is 14.2 Å². The number of rotatable bonds is 7. The zero-order valence-electron chi connectivity index (χ0n) is 21.6. The minimum absolute atomic E-state index is 0.239. The first-order chi connectivity index (χ1) is 18.6. The predicted molar refractivity (Wildman–Crippen MR) is 145 cm³/mol. The van der Waals surface area contributed by atoms with Crippen LogP contribution in [-0.4, -0.2) is 61.0 Å². The topological polar surface area (TPSA) is 93.8 Å². The van der Waals surface area contributed by atoms with Crippen LogP contribution in [0, 0.1) is 0 Å². The lowest BCUT2D eigenvalue weighted by Gasteiger charge is -2.30. The number of carbonyl (C=O) groups excluding carboxylic acids is 2. The molecule has 1 aliphatic rings. The van der Waals surface area contributed by atoms with Gasteiger partial charge in [-0.25, -0.2) is 4.98 Å². The van der Waals surface area contributed by atoms with Crippen LogP contribution in [0.4, 0.5) is 0 Å². The van der Waals surface area contributed by atoms with Crippen LogP contribution in [0.2, 0.25) is 0 Å². The highest BCUT2D eigenvalue weighted by Crippen LogP contribution is 2.37. The summed E-state index contributed by atoms with van der Waals surface area (Å²) in [5.74, 6) is 0.381. The number of methoxy groups -OCH3 is 3. The molecule has 2 aromatic heterocycles. The first kappa shape index (κ1) is 25.1. The molecule has 0 saturated carbocycles. The van der Waals surface area contributed by atoms with Gasteiger partial charge in [-0.2, -0.15) is 0 Å². The number of nitrogens with zero attached hydrogens (tertiary/aromatic N) is 2. The van der Waals surface area contributed by atoms with Crippen molar-refractivity contribution in [3.63, 3.8) is 0 Å². The molecule has 3 heterocycles. The van der Waals surface area contributed by atoms with Gasteiger partial charge in [0.2, 0.25) is 5.88 Å². The summed E-state index contributed by atoms with van der Waals surface area (Å²) in [6.45, 7) is 0.880. The van der Waals surface area contributed by atoms with E-state index in [1.165, 1.54) is 32.2 Å². The molecule has 4 aromatic rings. The van der Waals surface area contributed by atoms with Crippen LogP contribution in [0.5, 0.6) is 17.4 Å². The lowest BCUT2D eigenvalue weighted by atomic mass is 9.88. The number of aromatic nitrogens is 2. The van der Waals surface area contributed by atoms with Crippen LogP contribution in [-0.2, 0) is 4.79 Å². The number of fused-ring (bicyclic) bond motifs is 1. The minimum Gasteiger partial charge on any atom is -0.496 e. The number of nitrogens with one attached hydrogen (secondary N) is 1. The smallest absolute Gasteiger partial charge is 0.295 e. The first-order valence-corrected chi connectivity index (χ1v) is 12.4. The Bertz CT molecular complexity index is 1510. The molecule has 0 atom stereocenters. The molecule has 194 valence electrons. The molecule has 1 aliphatic heterocycles. The fraction of sp³-hybridized carbons (Fsp3) is 0.233. The Morgan fingerprint density at radius 2 is 1.53 bits per heavy atom. The number of para-hydroxylation sites is 1. The lowest BCUT2D eigenvalue weighted by molar-refractivity contribution is -0.126. The summed E-state index contributed by atoms with van der Waals surface area (Å²) in [5, 5.41) is 0.484. The Labute approximate surface area is 220 Å². The van der Waals surface area contributed by atoms with Crippen LogP contribution in [0.3, 0.4) is 0 Å². The van der Waals surface area contributed by atoms with Crippen molar-refractivity contribution in [1.29, 1.82) is 0 Å². The highest BCUT2D eigenvalue weighted by molar-refractivity contribution is 6.45. The van der Waals surface area contributed by atoms with Crippen molar-refractivity contribution in [2.24, 2.45) is 0 Å². The van der Waals surface area contributed by atoms with E-state index in [0.717, 1.165) is 22.4 Å². The van der Waals surface area contributed by atoms with Gasteiger partial charge in [0.15, 0.2) is 0 Å². The quantitative estimate of drug-likeness (QED) is 0.280. The molecule has 0 radical (unpaired) electrons. The fourth-order valence-corrected chi connectivity index (χ4v) is 5.08. The van der Waals surface area contributed by atoms with Crippen molar-refractivity contribution in [3.8, 4) is 17.4 Å². The normalized spacial score (nSPS) is 13.3. The number of amides is 1. The van der Waals surface area contributed by atoms with Crippen LogP contribution >= 0.6 is 0 Å². The summed E-state index contributed by atoms with van der Waals surface area (Å²) in [5.41, 5.74) is 5.19. The lowest BCUT2D eigenvalue weighted by Crippen LogP contribution is -2.40. The number of Topliss-reactive ketones (excluding diaryl/α,β-unsaturated/α-hetero) is 1. The molecule has 0 spiro atoms. The Morgan fingerprint density at radius 3 is 2.21 bits per heavy atom. The number of carbonyl (C=O) groups is 2. The number of H-pyrrole nitrogens is 1. The number of benzene rings is 2. The molecule has 1 fully saturated rings. The minimum atomic E-state index is -0.594. The molecule has 38 heavy (non-hydrogen) atoms. The number of piperidine rings is 1. The summed E-state index contributed by atoms with van der Waals surface area (Å²) in [4.78, 5) is 35.6. The summed E-state index contributed by atoms with van der Waals surface area (Å²) in [6.07, 6.45) is 4.30. The number of likely N-dealkylation sites (tertiary alicyclic amines) is 1. The number of ketones is 1. The molecule has 8 heteroatoms. The molecule has 8 nitrogen and oxygen atoms in total. The van der Waals surface area contributed by atoms with E-state index in [2.05, 4.69) is 28.2 Å². The summed E-state index contributed by atoms with van der Waals surface area (Å²) >= 11 is 0. The average Bonchev–Trinajstić information content (AvgIpc) is 3.43. The van der Waals surface area contributed by atoms with Crippen molar-refractivity contribution >= 4 is 28.2 Å². The van der Waals surface area contributed by atoms with Crippen molar-refractivity contribution in [3.05, 3.63) is 89.3 Å². The Morgan fingerprint density at radius 1 is 0.842 bits per heavy atom. The van der Waals surface area contributed by atoms with E-state index in [1.807, 2.05) is 36.4 Å². The Balaban J connectivity index is 1.43. The van der Waals surface area contributed by atoms with E-state index < -0.39 is 11.7 Å². The number of aromatic amines is 1. The van der Waals surface area contributed by atoms with Crippen LogP contribution in [0.15, 0.2) is 72.6 Å². The number of pyridine rings is 1. The van der Waals surface area contributed by atoms with E-state index in [9.17, 15) is 9.59 Å². The second-order valence-corrected chi connectivity index (χ2v) is 8.95. The molecule has 1 amide bonds. The van der Waals surface area contributed by atoms with Crippen molar-refractivity contribution in [1.82, 2.24) is 14.9 Å². The second kappa shape index (κ2) is 10.8. The average molecular weight is 512 g/mol. The Hall–Kier alpha value is -4.59. The summed E-state index contributed by atoms with van der Waals surface area (Å²) in [7, 11) is 4.66. The van der Waals surface area contributed by atoms with Crippen LogP contribution in [0.25, 0.3) is 16.5 Å². The Kier molecular flexibility index (Phi) is 7.13. The standard InChI is InChI=1S/C30H29N3O5/c1-36-23-12-8-7-11-21(23)25(19-9-5-4-6-10-19)20-13-15-33(16-14-20)30(35)28(34)22-17-31-27-26(22)24(37-2)18-32-29(27)38-3/h4-12,17-18,31H,13-16H2,1-3H3. The zero-order valence-corrected chi connectivity index (χ0v) is 21.6. The second-order valence-electron chi connectivity index (χ2n) is 8.95. The zero-order chi connectivity index (χ0) is 26.6. The maximum Gasteiger partial charge on any atom is 0.295 e. The van der Waals surface area contributed by atoms with Crippen molar-refractivity contribution in [2.45, 2.75) is 12.8 Å².